The molecule has 1 rings (SSSR count). The van der Waals surface area contributed by atoms with Crippen molar-refractivity contribution in [1.29, 1.82) is 0 Å². The van der Waals surface area contributed by atoms with Gasteiger partial charge in [-0.15, -0.1) is 0 Å². The highest BCUT2D eigenvalue weighted by molar-refractivity contribution is 5.73. The van der Waals surface area contributed by atoms with Gasteiger partial charge in [0.05, 0.1) is 6.67 Å². The molecule has 3 nitrogen and oxygen atoms in total. The van der Waals surface area contributed by atoms with E-state index in [0.29, 0.717) is 13.0 Å². The van der Waals surface area contributed by atoms with E-state index in [9.17, 15) is 9.18 Å². The minimum Gasteiger partial charge on any atom is -0.480 e. The Labute approximate surface area is 77.5 Å². The van der Waals surface area contributed by atoms with Crippen LogP contribution in [0.3, 0.4) is 0 Å². The quantitative estimate of drug-likeness (QED) is 0.721. The lowest BCUT2D eigenvalue weighted by Crippen LogP contribution is -2.39. The molecular formula is C9H16FNO2. The molecule has 2 atom stereocenters. The molecule has 1 N–H and O–H groups in total. The van der Waals surface area contributed by atoms with E-state index in [0.717, 1.165) is 13.0 Å². The van der Waals surface area contributed by atoms with Crippen molar-refractivity contribution in [2.45, 2.75) is 25.8 Å². The monoisotopic (exact) mass is 189 g/mol. The first kappa shape index (κ1) is 10.4. The van der Waals surface area contributed by atoms with E-state index in [1.54, 1.807) is 0 Å². The molecule has 13 heavy (non-hydrogen) atoms. The molecule has 1 fully saturated rings. The zero-order valence-electron chi connectivity index (χ0n) is 7.87. The molecule has 0 aromatic heterocycles. The maximum Gasteiger partial charge on any atom is 0.320 e. The van der Waals surface area contributed by atoms with Crippen molar-refractivity contribution in [2.75, 3.05) is 19.8 Å². The Balaban J connectivity index is 2.48. The summed E-state index contributed by atoms with van der Waals surface area (Å²) in [5, 5.41) is 8.86. The van der Waals surface area contributed by atoms with Gasteiger partial charge < -0.3 is 5.11 Å². The Morgan fingerprint density at radius 1 is 1.77 bits per heavy atom. The Morgan fingerprint density at radius 2 is 2.46 bits per heavy atom. The molecule has 4 heteroatoms. The fraction of sp³-hybridized carbons (Fsp3) is 0.889. The summed E-state index contributed by atoms with van der Waals surface area (Å²) in [5.74, 6) is -0.740. The predicted octanol–water partition coefficient (Wildman–Crippen LogP) is 1.14. The first-order valence-corrected chi connectivity index (χ1v) is 4.71. The summed E-state index contributed by atoms with van der Waals surface area (Å²) < 4.78 is 12.3. The van der Waals surface area contributed by atoms with Crippen molar-refractivity contribution >= 4 is 5.97 Å². The lowest BCUT2D eigenvalue weighted by Gasteiger charge is -2.22. The standard InChI is InChI=1S/C9H16FNO2/c1-2-8(9(12)13)11-4-3-7(5-10)6-11/h7-8H,2-6H2,1H3,(H,12,13). The van der Waals surface area contributed by atoms with E-state index < -0.39 is 12.0 Å². The SMILES string of the molecule is CCC(C(=O)O)N1CCC(CF)C1. The van der Waals surface area contributed by atoms with E-state index >= 15 is 0 Å². The largest absolute Gasteiger partial charge is 0.480 e. The van der Waals surface area contributed by atoms with Crippen LogP contribution < -0.4 is 0 Å². The zero-order valence-corrected chi connectivity index (χ0v) is 7.87. The van der Waals surface area contributed by atoms with Crippen LogP contribution in [0.2, 0.25) is 0 Å². The summed E-state index contributed by atoms with van der Waals surface area (Å²) in [4.78, 5) is 12.6. The van der Waals surface area contributed by atoms with Gasteiger partial charge in [-0.3, -0.25) is 14.1 Å². The number of carbonyl (C=O) groups is 1. The number of rotatable bonds is 4. The first-order chi connectivity index (χ1) is 6.19. The van der Waals surface area contributed by atoms with Crippen LogP contribution in [0.25, 0.3) is 0 Å². The topological polar surface area (TPSA) is 40.5 Å². The second-order valence-electron chi connectivity index (χ2n) is 3.57. The average molecular weight is 189 g/mol. The van der Waals surface area contributed by atoms with Gasteiger partial charge in [0.2, 0.25) is 0 Å². The molecule has 1 heterocycles. The number of nitrogens with zero attached hydrogens (tertiary/aromatic N) is 1. The summed E-state index contributed by atoms with van der Waals surface area (Å²) >= 11 is 0. The summed E-state index contributed by atoms with van der Waals surface area (Å²) in [6.07, 6.45) is 1.38. The Bertz CT molecular complexity index is 186. The van der Waals surface area contributed by atoms with Crippen molar-refractivity contribution in [2.24, 2.45) is 5.92 Å². The van der Waals surface area contributed by atoms with Crippen LogP contribution in [-0.4, -0.2) is 41.8 Å². The molecule has 0 aromatic carbocycles. The molecule has 0 aromatic rings. The van der Waals surface area contributed by atoms with Gasteiger partial charge in [0.25, 0.3) is 0 Å². The highest BCUT2D eigenvalue weighted by Crippen LogP contribution is 2.20. The maximum atomic E-state index is 12.3. The molecule has 1 aliphatic heterocycles. The third kappa shape index (κ3) is 2.40. The Hall–Kier alpha value is -0.640. The fourth-order valence-corrected chi connectivity index (χ4v) is 1.86. The van der Waals surface area contributed by atoms with Crippen LogP contribution in [0.1, 0.15) is 19.8 Å². The van der Waals surface area contributed by atoms with Gasteiger partial charge in [0, 0.05) is 12.5 Å². The lowest BCUT2D eigenvalue weighted by molar-refractivity contribution is -0.143. The molecule has 76 valence electrons. The highest BCUT2D eigenvalue weighted by Gasteiger charge is 2.30. The van der Waals surface area contributed by atoms with Crippen molar-refractivity contribution in [1.82, 2.24) is 4.90 Å². The number of carboxylic acids is 1. The summed E-state index contributed by atoms with van der Waals surface area (Å²) in [6, 6.07) is -0.420. The number of likely N-dealkylation sites (tertiary alicyclic amines) is 1. The zero-order chi connectivity index (χ0) is 9.84. The van der Waals surface area contributed by atoms with Crippen LogP contribution in [0.5, 0.6) is 0 Å². The lowest BCUT2D eigenvalue weighted by atomic mass is 10.1. The second-order valence-corrected chi connectivity index (χ2v) is 3.57. The van der Waals surface area contributed by atoms with E-state index in [2.05, 4.69) is 0 Å². The molecule has 1 saturated heterocycles. The second kappa shape index (κ2) is 4.56. The van der Waals surface area contributed by atoms with Crippen molar-refractivity contribution in [3.05, 3.63) is 0 Å². The first-order valence-electron chi connectivity index (χ1n) is 4.71. The van der Waals surface area contributed by atoms with Gasteiger partial charge in [0.15, 0.2) is 0 Å². The third-order valence-electron chi connectivity index (χ3n) is 2.65. The molecular weight excluding hydrogens is 173 g/mol. The average Bonchev–Trinajstić information content (AvgIpc) is 2.53. The van der Waals surface area contributed by atoms with Gasteiger partial charge in [0.1, 0.15) is 6.04 Å². The molecule has 0 saturated carbocycles. The number of alkyl halides is 1. The summed E-state index contributed by atoms with van der Waals surface area (Å²) in [6.45, 7) is 2.84. The molecule has 0 bridgehead atoms. The number of hydrogen-bond donors (Lipinski definition) is 1. The van der Waals surface area contributed by atoms with Crippen molar-refractivity contribution in [3.8, 4) is 0 Å². The van der Waals surface area contributed by atoms with Gasteiger partial charge in [-0.25, -0.2) is 0 Å². The minimum absolute atomic E-state index is 0.0494. The fourth-order valence-electron chi connectivity index (χ4n) is 1.86. The van der Waals surface area contributed by atoms with Gasteiger partial charge in [-0.1, -0.05) is 6.92 Å². The summed E-state index contributed by atoms with van der Waals surface area (Å²) in [5.41, 5.74) is 0. The molecule has 1 aliphatic rings. The molecule has 0 radical (unpaired) electrons. The van der Waals surface area contributed by atoms with Crippen LogP contribution in [0.15, 0.2) is 0 Å². The molecule has 0 spiro atoms. The van der Waals surface area contributed by atoms with Gasteiger partial charge in [-0.2, -0.15) is 0 Å². The van der Waals surface area contributed by atoms with Crippen LogP contribution in [-0.2, 0) is 4.79 Å². The van der Waals surface area contributed by atoms with E-state index in [4.69, 9.17) is 5.11 Å². The van der Waals surface area contributed by atoms with Crippen LogP contribution >= 0.6 is 0 Å². The van der Waals surface area contributed by atoms with Crippen molar-refractivity contribution < 1.29 is 14.3 Å². The van der Waals surface area contributed by atoms with Gasteiger partial charge >= 0.3 is 5.97 Å². The number of hydrogen-bond acceptors (Lipinski definition) is 2. The van der Waals surface area contributed by atoms with Gasteiger partial charge in [-0.05, 0) is 19.4 Å². The summed E-state index contributed by atoms with van der Waals surface area (Å²) in [7, 11) is 0. The van der Waals surface area contributed by atoms with Crippen LogP contribution in [0, 0.1) is 5.92 Å². The minimum atomic E-state index is -0.790. The Morgan fingerprint density at radius 3 is 2.85 bits per heavy atom. The smallest absolute Gasteiger partial charge is 0.320 e. The molecule has 0 amide bonds. The maximum absolute atomic E-state index is 12.3. The number of halogens is 1. The number of aliphatic carboxylic acids is 1. The Kier molecular flexibility index (Phi) is 3.66. The molecule has 2 unspecified atom stereocenters. The normalized spacial score (nSPS) is 26.2. The van der Waals surface area contributed by atoms with E-state index in [1.165, 1.54) is 0 Å². The number of carboxylic acid groups (broad SMARTS) is 1. The third-order valence-corrected chi connectivity index (χ3v) is 2.65. The van der Waals surface area contributed by atoms with Crippen molar-refractivity contribution in [3.63, 3.8) is 0 Å². The van der Waals surface area contributed by atoms with E-state index in [1.807, 2.05) is 11.8 Å². The predicted molar refractivity (Wildman–Crippen MR) is 47.4 cm³/mol. The van der Waals surface area contributed by atoms with E-state index in [-0.39, 0.29) is 12.6 Å². The molecule has 0 aliphatic carbocycles. The van der Waals surface area contributed by atoms with Crippen LogP contribution in [0.4, 0.5) is 4.39 Å². The highest BCUT2D eigenvalue weighted by atomic mass is 19.1.